The normalized spacial score (nSPS) is 19.9. The smallest absolute Gasteiger partial charge is 0.407 e. The van der Waals surface area contributed by atoms with Gasteiger partial charge in [-0.3, -0.25) is 4.79 Å². The maximum Gasteiger partial charge on any atom is 0.407 e. The molecule has 1 heterocycles. The number of hydrogen-bond acceptors (Lipinski definition) is 6. The number of carboxylic acid groups (broad SMARTS) is 1. The Hall–Kier alpha value is -3.43. The van der Waals surface area contributed by atoms with Crippen LogP contribution in [0.4, 0.5) is 4.79 Å². The van der Waals surface area contributed by atoms with E-state index in [0.717, 1.165) is 22.3 Å². The number of rotatable bonds is 8. The van der Waals surface area contributed by atoms with E-state index in [0.29, 0.717) is 6.42 Å². The summed E-state index contributed by atoms with van der Waals surface area (Å²) < 4.78 is 10.7. The molecule has 2 unspecified atom stereocenters. The van der Waals surface area contributed by atoms with Gasteiger partial charge in [0.25, 0.3) is 0 Å². The fraction of sp³-hybridized carbons (Fsp3) is 0.400. The molecule has 1 fully saturated rings. The molecule has 9 nitrogen and oxygen atoms in total. The summed E-state index contributed by atoms with van der Waals surface area (Å²) in [6.45, 7) is 0.606. The monoisotopic (exact) mass is 467 g/mol. The third-order valence-electron chi connectivity index (χ3n) is 6.16. The van der Waals surface area contributed by atoms with Crippen molar-refractivity contribution >= 4 is 18.0 Å². The first-order chi connectivity index (χ1) is 16.3. The summed E-state index contributed by atoms with van der Waals surface area (Å²) in [6, 6.07) is 14.5. The lowest BCUT2D eigenvalue weighted by atomic mass is 9.98. The van der Waals surface area contributed by atoms with Gasteiger partial charge in [0.1, 0.15) is 12.6 Å². The summed E-state index contributed by atoms with van der Waals surface area (Å²) in [7, 11) is 3.55. The van der Waals surface area contributed by atoms with Crippen LogP contribution in [0.3, 0.4) is 0 Å². The Kier molecular flexibility index (Phi) is 7.14. The van der Waals surface area contributed by atoms with Gasteiger partial charge in [0.05, 0.1) is 6.04 Å². The van der Waals surface area contributed by atoms with Crippen molar-refractivity contribution in [3.8, 4) is 11.1 Å². The predicted octanol–water partition coefficient (Wildman–Crippen LogP) is 1.81. The summed E-state index contributed by atoms with van der Waals surface area (Å²) in [5, 5.41) is 14.6. The molecular weight excluding hydrogens is 438 g/mol. The van der Waals surface area contributed by atoms with E-state index >= 15 is 0 Å². The van der Waals surface area contributed by atoms with Crippen molar-refractivity contribution in [2.75, 3.05) is 33.9 Å². The molecule has 3 N–H and O–H groups in total. The molecule has 0 saturated carbocycles. The van der Waals surface area contributed by atoms with Crippen LogP contribution >= 0.6 is 0 Å². The van der Waals surface area contributed by atoms with Crippen LogP contribution in [0.25, 0.3) is 11.1 Å². The van der Waals surface area contributed by atoms with Crippen LogP contribution in [-0.2, 0) is 19.1 Å². The quantitative estimate of drug-likeness (QED) is 0.542. The largest absolute Gasteiger partial charge is 0.479 e. The van der Waals surface area contributed by atoms with E-state index in [4.69, 9.17) is 9.47 Å². The van der Waals surface area contributed by atoms with Crippen LogP contribution in [0.2, 0.25) is 0 Å². The van der Waals surface area contributed by atoms with Crippen LogP contribution in [0.1, 0.15) is 23.5 Å². The number of likely N-dealkylation sites (N-methyl/N-ethyl adjacent to an activating group) is 1. The minimum absolute atomic E-state index is 0.0914. The fourth-order valence-electron chi connectivity index (χ4n) is 4.61. The predicted molar refractivity (Wildman–Crippen MR) is 124 cm³/mol. The van der Waals surface area contributed by atoms with Crippen LogP contribution in [0.15, 0.2) is 48.5 Å². The SMILES string of the molecule is CN(C)C[C@H](NC(=O)OCC1c2ccccc2-c2ccccc21)C(=O)NC1CCOC1C(=O)O. The van der Waals surface area contributed by atoms with Crippen LogP contribution in [0.5, 0.6) is 0 Å². The Morgan fingerprint density at radius 3 is 2.29 bits per heavy atom. The molecule has 2 aromatic rings. The molecule has 2 aliphatic rings. The molecule has 0 spiro atoms. The van der Waals surface area contributed by atoms with Gasteiger partial charge in [0.15, 0.2) is 6.10 Å². The Bertz CT molecular complexity index is 1030. The first-order valence-corrected chi connectivity index (χ1v) is 11.3. The number of carbonyl (C=O) groups is 3. The zero-order valence-corrected chi connectivity index (χ0v) is 19.2. The molecule has 2 aromatic carbocycles. The number of carbonyl (C=O) groups excluding carboxylic acids is 2. The number of alkyl carbamates (subject to hydrolysis) is 1. The summed E-state index contributed by atoms with van der Waals surface area (Å²) >= 11 is 0. The lowest BCUT2D eigenvalue weighted by Crippen LogP contribution is -2.55. The fourth-order valence-corrected chi connectivity index (χ4v) is 4.61. The van der Waals surface area contributed by atoms with Crippen molar-refractivity contribution in [1.82, 2.24) is 15.5 Å². The van der Waals surface area contributed by atoms with Gasteiger partial charge in [-0.15, -0.1) is 0 Å². The van der Waals surface area contributed by atoms with Crippen molar-refractivity contribution in [2.24, 2.45) is 0 Å². The topological polar surface area (TPSA) is 117 Å². The number of nitrogens with zero attached hydrogens (tertiary/aromatic N) is 1. The summed E-state index contributed by atoms with van der Waals surface area (Å²) in [4.78, 5) is 38.6. The number of benzene rings is 2. The second-order valence-corrected chi connectivity index (χ2v) is 8.82. The van der Waals surface area contributed by atoms with Crippen molar-refractivity contribution in [1.29, 1.82) is 0 Å². The van der Waals surface area contributed by atoms with Crippen molar-refractivity contribution < 1.29 is 29.0 Å². The molecule has 9 heteroatoms. The molecule has 4 rings (SSSR count). The average molecular weight is 468 g/mol. The van der Waals surface area contributed by atoms with E-state index in [9.17, 15) is 19.5 Å². The van der Waals surface area contributed by atoms with E-state index in [1.165, 1.54) is 0 Å². The lowest BCUT2D eigenvalue weighted by Gasteiger charge is -2.24. The third kappa shape index (κ3) is 5.05. The van der Waals surface area contributed by atoms with Crippen molar-refractivity contribution in [3.63, 3.8) is 0 Å². The highest BCUT2D eigenvalue weighted by Gasteiger charge is 2.37. The first-order valence-electron chi connectivity index (χ1n) is 11.3. The Morgan fingerprint density at radius 2 is 1.71 bits per heavy atom. The van der Waals surface area contributed by atoms with E-state index < -0.39 is 36.2 Å². The van der Waals surface area contributed by atoms with Gasteiger partial charge in [0, 0.05) is 19.1 Å². The molecular formula is C25H29N3O6. The molecule has 1 saturated heterocycles. The molecule has 0 bridgehead atoms. The second-order valence-electron chi connectivity index (χ2n) is 8.82. The molecule has 0 aromatic heterocycles. The van der Waals surface area contributed by atoms with Crippen LogP contribution < -0.4 is 10.6 Å². The summed E-state index contributed by atoms with van der Waals surface area (Å²) in [5.74, 6) is -1.70. The number of hydrogen-bond donors (Lipinski definition) is 3. The molecule has 3 atom stereocenters. The van der Waals surface area contributed by atoms with Gasteiger partial charge >= 0.3 is 12.1 Å². The Balaban J connectivity index is 1.40. The number of carboxylic acids is 1. The van der Waals surface area contributed by atoms with E-state index in [1.54, 1.807) is 19.0 Å². The number of amides is 2. The van der Waals surface area contributed by atoms with Crippen LogP contribution in [0, 0.1) is 0 Å². The molecule has 0 radical (unpaired) electrons. The van der Waals surface area contributed by atoms with E-state index in [2.05, 4.69) is 22.8 Å². The van der Waals surface area contributed by atoms with Crippen LogP contribution in [-0.4, -0.2) is 80.0 Å². The standard InChI is InChI=1S/C25H29N3O6/c1-28(2)13-21(23(29)26-20-11-12-33-22(20)24(30)31)27-25(32)34-14-19-17-9-5-3-7-15(17)16-8-4-6-10-18(16)19/h3-10,19-22H,11-14H2,1-2H3,(H,26,29)(H,27,32)(H,30,31)/t20?,21-,22?/m0/s1. The Labute approximate surface area is 198 Å². The number of fused-ring (bicyclic) bond motifs is 3. The molecule has 1 aliphatic heterocycles. The molecule has 34 heavy (non-hydrogen) atoms. The molecule has 1 aliphatic carbocycles. The van der Waals surface area contributed by atoms with Gasteiger partial charge in [0.2, 0.25) is 5.91 Å². The lowest BCUT2D eigenvalue weighted by molar-refractivity contribution is -0.148. The maximum atomic E-state index is 12.9. The highest BCUT2D eigenvalue weighted by atomic mass is 16.5. The Morgan fingerprint density at radius 1 is 1.09 bits per heavy atom. The molecule has 2 amide bonds. The van der Waals surface area contributed by atoms with Crippen molar-refractivity contribution in [3.05, 3.63) is 59.7 Å². The number of nitrogens with one attached hydrogen (secondary N) is 2. The van der Waals surface area contributed by atoms with Gasteiger partial charge in [-0.05, 0) is 42.8 Å². The van der Waals surface area contributed by atoms with Gasteiger partial charge in [-0.2, -0.15) is 0 Å². The average Bonchev–Trinajstić information content (AvgIpc) is 3.39. The highest BCUT2D eigenvalue weighted by Crippen LogP contribution is 2.44. The zero-order chi connectivity index (χ0) is 24.2. The van der Waals surface area contributed by atoms with E-state index in [-0.39, 0.29) is 25.7 Å². The van der Waals surface area contributed by atoms with Gasteiger partial charge in [-0.25, -0.2) is 9.59 Å². The van der Waals surface area contributed by atoms with Gasteiger partial charge < -0.3 is 30.1 Å². The number of ether oxygens (including phenoxy) is 2. The zero-order valence-electron chi connectivity index (χ0n) is 19.2. The van der Waals surface area contributed by atoms with E-state index in [1.807, 2.05) is 36.4 Å². The summed E-state index contributed by atoms with van der Waals surface area (Å²) in [6.07, 6.45) is -1.41. The minimum Gasteiger partial charge on any atom is -0.479 e. The van der Waals surface area contributed by atoms with Gasteiger partial charge in [-0.1, -0.05) is 48.5 Å². The highest BCUT2D eigenvalue weighted by molar-refractivity contribution is 5.87. The second kappa shape index (κ2) is 10.2. The maximum absolute atomic E-state index is 12.9. The van der Waals surface area contributed by atoms with Crippen molar-refractivity contribution in [2.45, 2.75) is 30.5 Å². The summed E-state index contributed by atoms with van der Waals surface area (Å²) in [5.41, 5.74) is 4.45. The first kappa shape index (κ1) is 23.7. The third-order valence-corrected chi connectivity index (χ3v) is 6.16. The minimum atomic E-state index is -1.13. The number of aliphatic carboxylic acids is 1. The molecule has 180 valence electrons.